The molecule has 1 saturated heterocycles. The second-order valence-corrected chi connectivity index (χ2v) is 7.62. The van der Waals surface area contributed by atoms with Crippen molar-refractivity contribution in [1.82, 2.24) is 0 Å². The second kappa shape index (κ2) is 12.0. The zero-order valence-corrected chi connectivity index (χ0v) is 18.2. The van der Waals surface area contributed by atoms with Crippen LogP contribution < -0.4 is 0 Å². The van der Waals surface area contributed by atoms with E-state index in [1.165, 1.54) is 6.07 Å². The number of carbonyl (C=O) groups is 1. The lowest BCUT2D eigenvalue weighted by molar-refractivity contribution is -0.232. The molecule has 5 atom stereocenters. The second-order valence-electron chi connectivity index (χ2n) is 7.62. The first-order chi connectivity index (χ1) is 15.3. The van der Waals surface area contributed by atoms with Crippen LogP contribution in [0, 0.1) is 0 Å². The van der Waals surface area contributed by atoms with Gasteiger partial charge in [0, 0.05) is 0 Å². The number of esters is 1. The van der Waals surface area contributed by atoms with Crippen LogP contribution in [0.4, 0.5) is 0 Å². The van der Waals surface area contributed by atoms with Gasteiger partial charge in [0.05, 0.1) is 19.3 Å². The van der Waals surface area contributed by atoms with E-state index in [9.17, 15) is 35.4 Å². The van der Waals surface area contributed by atoms with E-state index in [2.05, 4.69) is 6.92 Å². The third-order valence-electron chi connectivity index (χ3n) is 5.39. The Balaban J connectivity index is 2.39. The van der Waals surface area contributed by atoms with Gasteiger partial charge in [-0.2, -0.15) is 0 Å². The molecule has 0 aromatic heterocycles. The molecular weight excluding hydrogens is 420 g/mol. The number of benzene rings is 1. The van der Waals surface area contributed by atoms with E-state index >= 15 is 0 Å². The van der Waals surface area contributed by atoms with Gasteiger partial charge in [0.2, 0.25) is 0 Å². The molecule has 1 aromatic carbocycles. The number of phenols is 2. The maximum absolute atomic E-state index is 12.4. The quantitative estimate of drug-likeness (QED) is 0.240. The van der Waals surface area contributed by atoms with E-state index in [4.69, 9.17) is 9.47 Å². The predicted molar refractivity (Wildman–Crippen MR) is 115 cm³/mol. The first-order valence-corrected chi connectivity index (χ1v) is 10.6. The number of allylic oxidation sites excluding steroid dienone is 4. The van der Waals surface area contributed by atoms with Gasteiger partial charge in [-0.3, -0.25) is 0 Å². The molecule has 1 aliphatic rings. The molecule has 0 saturated carbocycles. The molecule has 1 aliphatic heterocycles. The van der Waals surface area contributed by atoms with Crippen LogP contribution in [-0.2, 0) is 15.9 Å². The van der Waals surface area contributed by atoms with Gasteiger partial charge in [0.25, 0.3) is 0 Å². The van der Waals surface area contributed by atoms with Crippen LogP contribution in [0.2, 0.25) is 0 Å². The molecule has 1 fully saturated rings. The number of ether oxygens (including phenoxy) is 2. The molecule has 0 amide bonds. The van der Waals surface area contributed by atoms with Gasteiger partial charge in [-0.25, -0.2) is 4.79 Å². The van der Waals surface area contributed by atoms with Gasteiger partial charge in [-0.15, -0.1) is 0 Å². The minimum atomic E-state index is -1.74. The van der Waals surface area contributed by atoms with Crippen molar-refractivity contribution >= 4 is 5.97 Å². The largest absolute Gasteiger partial charge is 0.507 e. The van der Waals surface area contributed by atoms with Crippen LogP contribution in [0.3, 0.4) is 0 Å². The fourth-order valence-electron chi connectivity index (χ4n) is 3.63. The number of hydrogen-bond acceptors (Lipinski definition) is 9. The van der Waals surface area contributed by atoms with Crippen molar-refractivity contribution < 1.29 is 44.9 Å². The summed E-state index contributed by atoms with van der Waals surface area (Å²) in [5, 5.41) is 61.2. The average Bonchev–Trinajstić information content (AvgIpc) is 2.77. The van der Waals surface area contributed by atoms with Gasteiger partial charge in [0.15, 0.2) is 0 Å². The SMILES string of the molecule is CCC/C=C\C=C/CCc1cc(O)c([C@@H]2O[C@H](CO)[C@@H](O)[C@H](O)[C@H]2O)c(O)c1C(=O)OC. The molecule has 178 valence electrons. The highest BCUT2D eigenvalue weighted by atomic mass is 16.5. The molecule has 0 unspecified atom stereocenters. The molecule has 0 aliphatic carbocycles. The zero-order valence-electron chi connectivity index (χ0n) is 18.2. The van der Waals surface area contributed by atoms with Crippen LogP contribution in [0.15, 0.2) is 30.4 Å². The normalized spacial score (nSPS) is 26.1. The Morgan fingerprint density at radius 3 is 2.34 bits per heavy atom. The number of methoxy groups -OCH3 is 1. The Morgan fingerprint density at radius 2 is 1.75 bits per heavy atom. The van der Waals surface area contributed by atoms with Gasteiger partial charge in [0.1, 0.15) is 47.6 Å². The first-order valence-electron chi connectivity index (χ1n) is 10.6. The van der Waals surface area contributed by atoms with E-state index in [0.717, 1.165) is 20.0 Å². The van der Waals surface area contributed by atoms with Crippen LogP contribution in [0.5, 0.6) is 11.5 Å². The number of aliphatic hydroxyl groups excluding tert-OH is 4. The molecule has 1 heterocycles. The van der Waals surface area contributed by atoms with Crippen LogP contribution >= 0.6 is 0 Å². The van der Waals surface area contributed by atoms with Gasteiger partial charge in [-0.1, -0.05) is 37.6 Å². The summed E-state index contributed by atoms with van der Waals surface area (Å²) >= 11 is 0. The number of aliphatic hydroxyl groups is 4. The lowest BCUT2D eigenvalue weighted by Gasteiger charge is -2.40. The monoisotopic (exact) mass is 452 g/mol. The third-order valence-corrected chi connectivity index (χ3v) is 5.39. The summed E-state index contributed by atoms with van der Waals surface area (Å²) in [6.07, 6.45) is 2.73. The maximum Gasteiger partial charge on any atom is 0.341 e. The first kappa shape index (κ1) is 25.8. The fourth-order valence-corrected chi connectivity index (χ4v) is 3.63. The molecule has 1 aromatic rings. The Hall–Kier alpha value is -2.43. The Labute approximate surface area is 186 Å². The predicted octanol–water partition coefficient (Wildman–Crippen LogP) is 1.24. The number of hydrogen-bond donors (Lipinski definition) is 6. The summed E-state index contributed by atoms with van der Waals surface area (Å²) in [7, 11) is 1.14. The summed E-state index contributed by atoms with van der Waals surface area (Å²) in [6.45, 7) is 1.40. The number of aryl methyl sites for hydroxylation is 1. The van der Waals surface area contributed by atoms with Crippen LogP contribution in [0.1, 0.15) is 53.8 Å². The van der Waals surface area contributed by atoms with E-state index < -0.39 is 54.6 Å². The van der Waals surface area contributed by atoms with E-state index in [-0.39, 0.29) is 11.1 Å². The van der Waals surface area contributed by atoms with E-state index in [1.54, 1.807) is 0 Å². The lowest BCUT2D eigenvalue weighted by atomic mass is 9.87. The molecular formula is C23H32O9. The van der Waals surface area contributed by atoms with Crippen molar-refractivity contribution in [1.29, 1.82) is 0 Å². The van der Waals surface area contributed by atoms with Crippen molar-refractivity contribution in [2.24, 2.45) is 0 Å². The molecule has 2 rings (SSSR count). The number of aromatic hydroxyl groups is 2. The number of phenolic OH excluding ortho intramolecular Hbond substituents is 2. The summed E-state index contributed by atoms with van der Waals surface area (Å²) in [4.78, 5) is 12.4. The summed E-state index contributed by atoms with van der Waals surface area (Å²) in [5.41, 5.74) is -0.223. The molecule has 9 nitrogen and oxygen atoms in total. The van der Waals surface area contributed by atoms with Crippen molar-refractivity contribution in [3.8, 4) is 11.5 Å². The van der Waals surface area contributed by atoms with E-state index in [0.29, 0.717) is 18.4 Å². The highest BCUT2D eigenvalue weighted by Crippen LogP contribution is 2.44. The van der Waals surface area contributed by atoms with Crippen molar-refractivity contribution in [2.45, 2.75) is 63.1 Å². The summed E-state index contributed by atoms with van der Waals surface area (Å²) in [6, 6.07) is 1.27. The van der Waals surface area contributed by atoms with Crippen LogP contribution in [-0.4, -0.2) is 74.7 Å². The van der Waals surface area contributed by atoms with Gasteiger partial charge in [-0.05, 0) is 30.9 Å². The third kappa shape index (κ3) is 5.67. The summed E-state index contributed by atoms with van der Waals surface area (Å²) in [5.74, 6) is -1.99. The number of unbranched alkanes of at least 4 members (excludes halogenated alkanes) is 1. The molecule has 9 heteroatoms. The molecule has 6 N–H and O–H groups in total. The molecule has 0 radical (unpaired) electrons. The van der Waals surface area contributed by atoms with Gasteiger partial charge < -0.3 is 40.1 Å². The molecule has 0 spiro atoms. The zero-order chi connectivity index (χ0) is 23.8. The highest BCUT2D eigenvalue weighted by Gasteiger charge is 2.46. The number of rotatable bonds is 9. The Kier molecular flexibility index (Phi) is 9.67. The van der Waals surface area contributed by atoms with E-state index in [1.807, 2.05) is 24.3 Å². The lowest BCUT2D eigenvalue weighted by Crippen LogP contribution is -2.55. The molecule has 32 heavy (non-hydrogen) atoms. The van der Waals surface area contributed by atoms with Crippen molar-refractivity contribution in [2.75, 3.05) is 13.7 Å². The van der Waals surface area contributed by atoms with Gasteiger partial charge >= 0.3 is 5.97 Å². The average molecular weight is 453 g/mol. The maximum atomic E-state index is 12.4. The fraction of sp³-hybridized carbons (Fsp3) is 0.522. The smallest absolute Gasteiger partial charge is 0.341 e. The number of carbonyl (C=O) groups excluding carboxylic acids is 1. The minimum Gasteiger partial charge on any atom is -0.507 e. The minimum absolute atomic E-state index is 0.202. The summed E-state index contributed by atoms with van der Waals surface area (Å²) < 4.78 is 10.2. The standard InChI is InChI=1S/C23H32O9/c1-3-4-5-6-7-8-9-10-13-11-14(25)17(19(27)16(13)23(30)31-2)22-21(29)20(28)18(26)15(12-24)32-22/h5-8,11,15,18,20-22,24-29H,3-4,9-10,12H2,1-2H3/b6-5-,8-7-/t15-,18-,20+,21-,22+/m1/s1. The topological polar surface area (TPSA) is 157 Å². The van der Waals surface area contributed by atoms with Crippen LogP contribution in [0.25, 0.3) is 0 Å². The molecule has 0 bridgehead atoms. The van der Waals surface area contributed by atoms with Crippen molar-refractivity contribution in [3.63, 3.8) is 0 Å². The highest BCUT2D eigenvalue weighted by molar-refractivity contribution is 5.95. The van der Waals surface area contributed by atoms with Crippen molar-refractivity contribution in [3.05, 3.63) is 47.1 Å². The Bertz CT molecular complexity index is 831. The Morgan fingerprint density at radius 1 is 1.09 bits per heavy atom.